The summed E-state index contributed by atoms with van der Waals surface area (Å²) >= 11 is 1.01. The first-order valence-corrected chi connectivity index (χ1v) is 8.79. The van der Waals surface area contributed by atoms with Gasteiger partial charge in [0.15, 0.2) is 5.17 Å². The molecule has 134 valence electrons. The molecule has 2 aromatic rings. The van der Waals surface area contributed by atoms with E-state index in [1.165, 1.54) is 31.2 Å². The predicted molar refractivity (Wildman–Crippen MR) is 101 cm³/mol. The normalized spacial score (nSPS) is 20.2. The second-order valence-corrected chi connectivity index (χ2v) is 6.83. The van der Waals surface area contributed by atoms with Gasteiger partial charge in [0.1, 0.15) is 5.82 Å². The Morgan fingerprint density at radius 2 is 1.81 bits per heavy atom. The number of imide groups is 1. The fourth-order valence-electron chi connectivity index (χ4n) is 2.92. The van der Waals surface area contributed by atoms with Crippen molar-refractivity contribution >= 4 is 51.6 Å². The van der Waals surface area contributed by atoms with Crippen molar-refractivity contribution in [1.82, 2.24) is 5.32 Å². The first kappa shape index (κ1) is 17.2. The summed E-state index contributed by atoms with van der Waals surface area (Å²) in [7, 11) is 0. The molecule has 1 saturated heterocycles. The summed E-state index contributed by atoms with van der Waals surface area (Å²) in [5, 5.41) is 2.88. The maximum absolute atomic E-state index is 13.0. The minimum absolute atomic E-state index is 0.174. The molecule has 0 radical (unpaired) electrons. The van der Waals surface area contributed by atoms with Gasteiger partial charge in [0, 0.05) is 12.5 Å². The largest absolute Gasteiger partial charge is 0.300 e. The quantitative estimate of drug-likeness (QED) is 0.771. The van der Waals surface area contributed by atoms with Gasteiger partial charge >= 0.3 is 0 Å². The molecule has 0 aromatic heterocycles. The van der Waals surface area contributed by atoms with Crippen LogP contribution in [0.2, 0.25) is 0 Å². The molecule has 2 heterocycles. The Morgan fingerprint density at radius 1 is 1.11 bits per heavy atom. The summed E-state index contributed by atoms with van der Waals surface area (Å²) in [6.07, 6.45) is 0. The molecule has 2 aliphatic rings. The third-order valence-corrected chi connectivity index (χ3v) is 5.04. The van der Waals surface area contributed by atoms with Crippen molar-refractivity contribution in [2.45, 2.75) is 6.92 Å². The van der Waals surface area contributed by atoms with Gasteiger partial charge < -0.3 is 5.32 Å². The van der Waals surface area contributed by atoms with E-state index >= 15 is 0 Å². The highest BCUT2D eigenvalue weighted by Gasteiger charge is 2.40. The van der Waals surface area contributed by atoms with Gasteiger partial charge in [0.05, 0.1) is 21.9 Å². The number of benzene rings is 2. The van der Waals surface area contributed by atoms with Crippen LogP contribution in [0.1, 0.15) is 12.5 Å². The fraction of sp³-hybridized carbons (Fsp3) is 0.0526. The molecule has 8 heteroatoms. The van der Waals surface area contributed by atoms with Crippen molar-refractivity contribution in [3.05, 3.63) is 64.8 Å². The Bertz CT molecular complexity index is 1060. The average Bonchev–Trinajstić information content (AvgIpc) is 3.13. The van der Waals surface area contributed by atoms with Crippen LogP contribution in [-0.2, 0) is 14.4 Å². The van der Waals surface area contributed by atoms with Crippen molar-refractivity contribution in [2.24, 2.45) is 4.99 Å². The number of nitrogens with zero attached hydrogens (tertiary/aromatic N) is 2. The summed E-state index contributed by atoms with van der Waals surface area (Å²) in [6.45, 7) is 1.30. The van der Waals surface area contributed by atoms with Gasteiger partial charge in [-0.05, 0) is 42.1 Å². The van der Waals surface area contributed by atoms with Crippen LogP contribution < -0.4 is 10.2 Å². The van der Waals surface area contributed by atoms with E-state index in [1.54, 1.807) is 24.3 Å². The third kappa shape index (κ3) is 2.93. The summed E-state index contributed by atoms with van der Waals surface area (Å²) in [5.74, 6) is -1.82. The highest BCUT2D eigenvalue weighted by atomic mass is 32.2. The van der Waals surface area contributed by atoms with E-state index in [9.17, 15) is 18.8 Å². The number of anilines is 1. The molecular weight excluding hydrogens is 369 g/mol. The lowest BCUT2D eigenvalue weighted by Gasteiger charge is -2.11. The molecule has 3 amide bonds. The average molecular weight is 381 g/mol. The van der Waals surface area contributed by atoms with Crippen LogP contribution in [0.3, 0.4) is 0 Å². The molecule has 2 aliphatic heterocycles. The fourth-order valence-corrected chi connectivity index (χ4v) is 3.85. The van der Waals surface area contributed by atoms with E-state index in [0.29, 0.717) is 16.9 Å². The van der Waals surface area contributed by atoms with Crippen molar-refractivity contribution in [3.8, 4) is 0 Å². The van der Waals surface area contributed by atoms with Crippen LogP contribution in [0, 0.1) is 5.82 Å². The summed E-state index contributed by atoms with van der Waals surface area (Å²) in [4.78, 5) is 42.7. The molecule has 0 unspecified atom stereocenters. The second kappa shape index (κ2) is 6.48. The number of nitrogens with one attached hydrogen (secondary N) is 1. The number of hydrogen-bond donors (Lipinski definition) is 1. The van der Waals surface area contributed by atoms with Crippen LogP contribution in [0.4, 0.5) is 15.8 Å². The van der Waals surface area contributed by atoms with Crippen LogP contribution >= 0.6 is 11.8 Å². The van der Waals surface area contributed by atoms with Gasteiger partial charge in [-0.15, -0.1) is 0 Å². The number of para-hydroxylation sites is 1. The number of amidine groups is 1. The number of aliphatic imine (C=N–C) groups is 1. The summed E-state index contributed by atoms with van der Waals surface area (Å²) < 4.78 is 13.0. The van der Waals surface area contributed by atoms with Gasteiger partial charge in [-0.2, -0.15) is 0 Å². The highest BCUT2D eigenvalue weighted by molar-refractivity contribution is 8.18. The minimum Gasteiger partial charge on any atom is -0.300 e. The van der Waals surface area contributed by atoms with Crippen LogP contribution in [-0.4, -0.2) is 22.9 Å². The monoisotopic (exact) mass is 381 g/mol. The maximum Gasteiger partial charge on any atom is 0.267 e. The van der Waals surface area contributed by atoms with Gasteiger partial charge in [0.2, 0.25) is 5.91 Å². The van der Waals surface area contributed by atoms with E-state index in [-0.39, 0.29) is 21.5 Å². The Hall–Kier alpha value is -3.26. The maximum atomic E-state index is 13.0. The smallest absolute Gasteiger partial charge is 0.267 e. The molecule has 0 saturated carbocycles. The van der Waals surface area contributed by atoms with Gasteiger partial charge in [-0.3, -0.25) is 14.4 Å². The number of halogens is 1. The molecule has 27 heavy (non-hydrogen) atoms. The number of thioether (sulfide) groups is 1. The number of rotatable bonds is 1. The van der Waals surface area contributed by atoms with Crippen LogP contribution in [0.15, 0.2) is 58.4 Å². The lowest BCUT2D eigenvalue weighted by Crippen LogP contribution is -2.31. The number of carbonyl (C=O) groups is 3. The lowest BCUT2D eigenvalue weighted by molar-refractivity contribution is -0.122. The molecular formula is C19H12FN3O3S. The molecule has 2 aromatic carbocycles. The minimum atomic E-state index is -0.538. The number of carbonyl (C=O) groups excluding carboxylic acids is 3. The first-order chi connectivity index (χ1) is 13.0. The van der Waals surface area contributed by atoms with E-state index < -0.39 is 17.7 Å². The Morgan fingerprint density at radius 3 is 2.52 bits per heavy atom. The Kier molecular flexibility index (Phi) is 4.12. The highest BCUT2D eigenvalue weighted by Crippen LogP contribution is 2.42. The zero-order valence-electron chi connectivity index (χ0n) is 14.0. The Labute approximate surface area is 157 Å². The van der Waals surface area contributed by atoms with Crippen molar-refractivity contribution in [2.75, 3.05) is 4.90 Å². The van der Waals surface area contributed by atoms with E-state index in [1.807, 2.05) is 0 Å². The molecule has 0 atom stereocenters. The van der Waals surface area contributed by atoms with Gasteiger partial charge in [-0.1, -0.05) is 18.2 Å². The standard InChI is InChI=1S/C19H12FN3O3S/c1-10(24)23-14-5-3-2-4-13(14)15(18(23)26)16-17(25)22-19(27-16)21-12-8-6-11(20)7-9-12/h2-9H,1H3,(H,21,22,25)/b16-15-. The number of amides is 3. The molecule has 6 nitrogen and oxygen atoms in total. The van der Waals surface area contributed by atoms with Crippen LogP contribution in [0.25, 0.3) is 5.57 Å². The number of hydrogen-bond acceptors (Lipinski definition) is 5. The van der Waals surface area contributed by atoms with Crippen molar-refractivity contribution in [1.29, 1.82) is 0 Å². The lowest BCUT2D eigenvalue weighted by atomic mass is 10.1. The summed E-state index contributed by atoms with van der Waals surface area (Å²) in [5.41, 5.74) is 1.62. The zero-order chi connectivity index (χ0) is 19.1. The molecule has 4 rings (SSSR count). The topological polar surface area (TPSA) is 78.8 Å². The Balaban J connectivity index is 1.77. The van der Waals surface area contributed by atoms with E-state index in [0.717, 1.165) is 16.7 Å². The molecule has 0 spiro atoms. The second-order valence-electron chi connectivity index (χ2n) is 5.83. The van der Waals surface area contributed by atoms with E-state index in [2.05, 4.69) is 10.3 Å². The van der Waals surface area contributed by atoms with Crippen molar-refractivity contribution in [3.63, 3.8) is 0 Å². The van der Waals surface area contributed by atoms with Gasteiger partial charge in [-0.25, -0.2) is 14.3 Å². The van der Waals surface area contributed by atoms with Crippen LogP contribution in [0.5, 0.6) is 0 Å². The molecule has 1 N–H and O–H groups in total. The van der Waals surface area contributed by atoms with E-state index in [4.69, 9.17) is 0 Å². The molecule has 0 bridgehead atoms. The third-order valence-electron chi connectivity index (χ3n) is 4.06. The van der Waals surface area contributed by atoms with Crippen molar-refractivity contribution < 1.29 is 18.8 Å². The molecule has 1 fully saturated rings. The SMILES string of the molecule is CC(=O)N1C(=O)/C(=C2\SC(=Nc3ccc(F)cc3)NC2=O)c2ccccc21. The predicted octanol–water partition coefficient (Wildman–Crippen LogP) is 2.98. The number of fused-ring (bicyclic) bond motifs is 1. The van der Waals surface area contributed by atoms with Gasteiger partial charge in [0.25, 0.3) is 11.8 Å². The molecule has 0 aliphatic carbocycles. The summed E-state index contributed by atoms with van der Waals surface area (Å²) in [6, 6.07) is 12.3. The first-order valence-electron chi connectivity index (χ1n) is 7.98. The zero-order valence-corrected chi connectivity index (χ0v) is 14.8.